The zero-order chi connectivity index (χ0) is 23.3. The van der Waals surface area contributed by atoms with E-state index in [1.54, 1.807) is 12.1 Å². The van der Waals surface area contributed by atoms with Crippen LogP contribution in [0.25, 0.3) is 5.69 Å². The molecule has 170 valence electrons. The third-order valence-electron chi connectivity index (χ3n) is 4.44. The summed E-state index contributed by atoms with van der Waals surface area (Å²) in [6.45, 7) is 1.97. The fourth-order valence-electron chi connectivity index (χ4n) is 2.82. The molecule has 2 aromatic carbocycles. The molecule has 1 aromatic heterocycles. The van der Waals surface area contributed by atoms with Gasteiger partial charge in [0.15, 0.2) is 11.0 Å². The number of benzene rings is 2. The van der Waals surface area contributed by atoms with Crippen molar-refractivity contribution in [2.24, 2.45) is 0 Å². The molecule has 0 fully saturated rings. The molecule has 3 aromatic rings. The molecule has 0 saturated carbocycles. The Labute approximate surface area is 197 Å². The van der Waals surface area contributed by atoms with Crippen LogP contribution < -0.4 is 5.32 Å². The molecule has 0 aliphatic rings. The van der Waals surface area contributed by atoms with Crippen molar-refractivity contribution in [2.75, 3.05) is 5.75 Å². The summed E-state index contributed by atoms with van der Waals surface area (Å²) in [7, 11) is 0. The van der Waals surface area contributed by atoms with E-state index >= 15 is 0 Å². The van der Waals surface area contributed by atoms with E-state index < -0.39 is 17.6 Å². The normalized spacial score (nSPS) is 11.6. The lowest BCUT2D eigenvalue weighted by Crippen LogP contribution is -2.25. The Morgan fingerprint density at radius 1 is 1.16 bits per heavy atom. The van der Waals surface area contributed by atoms with Gasteiger partial charge in [0.05, 0.1) is 28.4 Å². The van der Waals surface area contributed by atoms with Crippen molar-refractivity contribution in [2.45, 2.75) is 37.6 Å². The van der Waals surface area contributed by atoms with E-state index in [1.165, 1.54) is 34.5 Å². The minimum atomic E-state index is -4.49. The van der Waals surface area contributed by atoms with Crippen LogP contribution in [-0.2, 0) is 12.7 Å². The summed E-state index contributed by atoms with van der Waals surface area (Å²) in [5.41, 5.74) is -0.343. The number of nitrogens with one attached hydrogen (secondary N) is 1. The number of rotatable bonds is 8. The first-order valence-electron chi connectivity index (χ1n) is 9.68. The van der Waals surface area contributed by atoms with Crippen LogP contribution in [0.15, 0.2) is 47.6 Å². The molecule has 0 bridgehead atoms. The van der Waals surface area contributed by atoms with Crippen LogP contribution in [0.2, 0.25) is 10.0 Å². The number of thioether (sulfide) groups is 1. The largest absolute Gasteiger partial charge is 0.416 e. The predicted molar refractivity (Wildman–Crippen MR) is 120 cm³/mol. The molecule has 1 heterocycles. The molecule has 0 radical (unpaired) electrons. The zero-order valence-electron chi connectivity index (χ0n) is 16.9. The van der Waals surface area contributed by atoms with Gasteiger partial charge in [0.2, 0.25) is 0 Å². The Hall–Kier alpha value is -2.23. The van der Waals surface area contributed by atoms with Gasteiger partial charge in [0.1, 0.15) is 0 Å². The summed E-state index contributed by atoms with van der Waals surface area (Å²) in [6, 6.07) is 9.40. The molecule has 0 aliphatic carbocycles. The highest BCUT2D eigenvalue weighted by Gasteiger charge is 2.31. The van der Waals surface area contributed by atoms with Crippen LogP contribution in [-0.4, -0.2) is 26.4 Å². The van der Waals surface area contributed by atoms with Gasteiger partial charge in [-0.3, -0.25) is 9.36 Å². The van der Waals surface area contributed by atoms with Crippen LogP contribution in [0.5, 0.6) is 0 Å². The van der Waals surface area contributed by atoms with Crippen molar-refractivity contribution in [1.29, 1.82) is 0 Å². The van der Waals surface area contributed by atoms with Gasteiger partial charge in [-0.05, 0) is 42.8 Å². The van der Waals surface area contributed by atoms with Gasteiger partial charge >= 0.3 is 6.18 Å². The smallest absolute Gasteiger partial charge is 0.345 e. The minimum Gasteiger partial charge on any atom is -0.345 e. The van der Waals surface area contributed by atoms with Gasteiger partial charge in [-0.15, -0.1) is 10.2 Å². The van der Waals surface area contributed by atoms with Crippen molar-refractivity contribution in [3.05, 3.63) is 69.5 Å². The van der Waals surface area contributed by atoms with Crippen LogP contribution in [0.4, 0.5) is 13.2 Å². The van der Waals surface area contributed by atoms with Gasteiger partial charge in [0, 0.05) is 10.8 Å². The maximum atomic E-state index is 13.2. The first kappa shape index (κ1) is 24.4. The van der Waals surface area contributed by atoms with Crippen molar-refractivity contribution in [3.63, 3.8) is 0 Å². The van der Waals surface area contributed by atoms with Crippen molar-refractivity contribution >= 4 is 40.9 Å². The number of amides is 1. The van der Waals surface area contributed by atoms with Crippen molar-refractivity contribution < 1.29 is 18.0 Å². The summed E-state index contributed by atoms with van der Waals surface area (Å²) in [4.78, 5) is 12.6. The molecule has 1 N–H and O–H groups in total. The second kappa shape index (κ2) is 10.6. The maximum absolute atomic E-state index is 13.2. The van der Waals surface area contributed by atoms with Crippen molar-refractivity contribution in [3.8, 4) is 5.69 Å². The molecular formula is C21H19Cl2F3N4OS. The fraction of sp³-hybridized carbons (Fsp3) is 0.286. The average Bonchev–Trinajstić information content (AvgIpc) is 3.16. The highest BCUT2D eigenvalue weighted by Crippen LogP contribution is 2.32. The molecular weight excluding hydrogens is 484 g/mol. The van der Waals surface area contributed by atoms with E-state index in [-0.39, 0.29) is 28.6 Å². The van der Waals surface area contributed by atoms with E-state index in [2.05, 4.69) is 15.5 Å². The van der Waals surface area contributed by atoms with Gasteiger partial charge in [0.25, 0.3) is 5.91 Å². The zero-order valence-corrected chi connectivity index (χ0v) is 19.2. The third-order valence-corrected chi connectivity index (χ3v) is 6.02. The molecule has 0 saturated heterocycles. The highest BCUT2D eigenvalue weighted by atomic mass is 35.5. The van der Waals surface area contributed by atoms with Gasteiger partial charge < -0.3 is 5.32 Å². The molecule has 0 unspecified atom stereocenters. The summed E-state index contributed by atoms with van der Waals surface area (Å²) in [5.74, 6) is 0.532. The third kappa shape index (κ3) is 5.96. The Balaban J connectivity index is 1.91. The molecule has 5 nitrogen and oxygen atoms in total. The number of hydrogen-bond donors (Lipinski definition) is 1. The highest BCUT2D eigenvalue weighted by molar-refractivity contribution is 7.99. The van der Waals surface area contributed by atoms with E-state index in [0.717, 1.165) is 30.7 Å². The summed E-state index contributed by atoms with van der Waals surface area (Å²) in [6.07, 6.45) is -2.61. The number of carbonyl (C=O) groups excluding carboxylic acids is 1. The summed E-state index contributed by atoms with van der Waals surface area (Å²) < 4.78 is 41.3. The monoisotopic (exact) mass is 502 g/mol. The molecule has 3 rings (SSSR count). The maximum Gasteiger partial charge on any atom is 0.416 e. The average molecular weight is 503 g/mol. The molecule has 11 heteroatoms. The first-order chi connectivity index (χ1) is 15.2. The molecule has 0 spiro atoms. The number of hydrogen-bond acceptors (Lipinski definition) is 4. The summed E-state index contributed by atoms with van der Waals surface area (Å²) >= 11 is 13.4. The van der Waals surface area contributed by atoms with Gasteiger partial charge in [-0.2, -0.15) is 13.2 Å². The number of nitrogens with zero attached hydrogens (tertiary/aromatic N) is 3. The summed E-state index contributed by atoms with van der Waals surface area (Å²) in [5, 5.41) is 11.9. The molecule has 0 atom stereocenters. The second-order valence-electron chi connectivity index (χ2n) is 6.79. The lowest BCUT2D eigenvalue weighted by molar-refractivity contribution is -0.137. The second-order valence-corrected chi connectivity index (χ2v) is 8.70. The predicted octanol–water partition coefficient (Wildman–Crippen LogP) is 6.42. The standard InChI is InChI=1S/C21H19Cl2F3N4OS/c1-2-3-9-32-20-29-28-18(12-27-19(31)16-11-14(22)7-8-17(16)23)30(20)15-6-4-5-13(10-15)21(24,25)26/h4-8,10-11H,2-3,9,12H2,1H3,(H,27,31). The topological polar surface area (TPSA) is 59.8 Å². The minimum absolute atomic E-state index is 0.0702. The van der Waals surface area contributed by atoms with Crippen molar-refractivity contribution in [1.82, 2.24) is 20.1 Å². The Morgan fingerprint density at radius 2 is 1.94 bits per heavy atom. The lowest BCUT2D eigenvalue weighted by Gasteiger charge is -2.13. The molecule has 32 heavy (non-hydrogen) atoms. The van der Waals surface area contributed by atoms with Gasteiger partial charge in [-0.1, -0.05) is 54.4 Å². The van der Waals surface area contributed by atoms with Crippen LogP contribution in [0.3, 0.4) is 0 Å². The Kier molecular flexibility index (Phi) is 8.08. The molecule has 0 aliphatic heterocycles. The van der Waals surface area contributed by atoms with Crippen LogP contribution in [0, 0.1) is 0 Å². The number of carbonyl (C=O) groups is 1. The van der Waals surface area contributed by atoms with E-state index in [0.29, 0.717) is 10.2 Å². The van der Waals surface area contributed by atoms with E-state index in [9.17, 15) is 18.0 Å². The number of aromatic nitrogens is 3. The molecule has 1 amide bonds. The van der Waals surface area contributed by atoms with E-state index in [4.69, 9.17) is 23.2 Å². The van der Waals surface area contributed by atoms with Gasteiger partial charge in [-0.25, -0.2) is 0 Å². The Bertz CT molecular complexity index is 1100. The SMILES string of the molecule is CCCCSc1nnc(CNC(=O)c2cc(Cl)ccc2Cl)n1-c1cccc(C(F)(F)F)c1. The fourth-order valence-corrected chi connectivity index (χ4v) is 4.25. The quantitative estimate of drug-likeness (QED) is 0.285. The number of alkyl halides is 3. The first-order valence-corrected chi connectivity index (χ1v) is 11.4. The van der Waals surface area contributed by atoms with Crippen LogP contribution >= 0.6 is 35.0 Å². The number of unbranched alkanes of at least 4 members (excludes halogenated alkanes) is 1. The van der Waals surface area contributed by atoms with Crippen LogP contribution in [0.1, 0.15) is 41.5 Å². The number of halogens is 5. The van der Waals surface area contributed by atoms with E-state index in [1.807, 2.05) is 6.92 Å². The Morgan fingerprint density at radius 3 is 2.66 bits per heavy atom. The lowest BCUT2D eigenvalue weighted by atomic mass is 10.2.